The second-order valence-electron chi connectivity index (χ2n) is 6.95. The Labute approximate surface area is 136 Å². The van der Waals surface area contributed by atoms with Crippen molar-refractivity contribution in [1.82, 2.24) is 10.2 Å². The number of para-hydroxylation sites is 1. The van der Waals surface area contributed by atoms with Crippen LogP contribution in [0, 0.1) is 11.8 Å². The van der Waals surface area contributed by atoms with E-state index in [9.17, 15) is 9.59 Å². The summed E-state index contributed by atoms with van der Waals surface area (Å²) in [6, 6.07) is 8.30. The van der Waals surface area contributed by atoms with E-state index in [-0.39, 0.29) is 17.7 Å². The molecule has 0 aromatic heterocycles. The molecule has 4 rings (SSSR count). The van der Waals surface area contributed by atoms with Gasteiger partial charge in [0.25, 0.3) is 0 Å². The average molecular weight is 313 g/mol. The number of rotatable bonds is 3. The number of carbonyl (C=O) groups is 2. The van der Waals surface area contributed by atoms with Crippen molar-refractivity contribution in [2.45, 2.75) is 31.7 Å². The molecule has 2 saturated heterocycles. The van der Waals surface area contributed by atoms with Gasteiger partial charge in [-0.25, -0.2) is 0 Å². The standard InChI is InChI=1S/C18H23N3O2/c22-17(21-8-7-14-10-19-11-16(14)21)6-5-13-9-12-3-1-2-4-15(12)20-18(13)23/h1-4,13-14,16,19H,5-11H2,(H,20,23)/t13?,14-,16+/m1/s1. The largest absolute Gasteiger partial charge is 0.338 e. The second-order valence-corrected chi connectivity index (χ2v) is 6.95. The van der Waals surface area contributed by atoms with Gasteiger partial charge >= 0.3 is 0 Å². The normalized spacial score (nSPS) is 29.1. The van der Waals surface area contributed by atoms with Gasteiger partial charge in [-0.05, 0) is 36.8 Å². The van der Waals surface area contributed by atoms with Crippen LogP contribution < -0.4 is 10.6 Å². The summed E-state index contributed by atoms with van der Waals surface area (Å²) < 4.78 is 0. The molecule has 3 aliphatic rings. The minimum absolute atomic E-state index is 0.0540. The molecule has 2 fully saturated rings. The van der Waals surface area contributed by atoms with Crippen molar-refractivity contribution in [3.05, 3.63) is 29.8 Å². The summed E-state index contributed by atoms with van der Waals surface area (Å²) in [5.41, 5.74) is 2.09. The maximum atomic E-state index is 12.5. The minimum atomic E-state index is -0.0889. The quantitative estimate of drug-likeness (QED) is 0.887. The summed E-state index contributed by atoms with van der Waals surface area (Å²) in [5.74, 6) is 0.809. The molecule has 122 valence electrons. The summed E-state index contributed by atoms with van der Waals surface area (Å²) in [6.45, 7) is 2.85. The van der Waals surface area contributed by atoms with E-state index >= 15 is 0 Å². The molecule has 23 heavy (non-hydrogen) atoms. The zero-order valence-electron chi connectivity index (χ0n) is 13.3. The van der Waals surface area contributed by atoms with Crippen LogP contribution in [-0.2, 0) is 16.0 Å². The number of hydrogen-bond acceptors (Lipinski definition) is 3. The number of hydrogen-bond donors (Lipinski definition) is 2. The average Bonchev–Trinajstić information content (AvgIpc) is 3.15. The summed E-state index contributed by atoms with van der Waals surface area (Å²) in [4.78, 5) is 26.8. The van der Waals surface area contributed by atoms with Gasteiger partial charge in [0.15, 0.2) is 0 Å². The molecule has 0 aliphatic carbocycles. The van der Waals surface area contributed by atoms with Crippen LogP contribution in [0.25, 0.3) is 0 Å². The fraction of sp³-hybridized carbons (Fsp3) is 0.556. The van der Waals surface area contributed by atoms with E-state index in [1.165, 1.54) is 5.56 Å². The van der Waals surface area contributed by atoms with Gasteiger partial charge in [0.05, 0.1) is 0 Å². The molecule has 3 atom stereocenters. The third kappa shape index (κ3) is 2.74. The third-order valence-electron chi connectivity index (χ3n) is 5.58. The van der Waals surface area contributed by atoms with Crippen LogP contribution in [0.5, 0.6) is 0 Å². The van der Waals surface area contributed by atoms with Gasteiger partial charge in [-0.15, -0.1) is 0 Å². The molecule has 3 heterocycles. The van der Waals surface area contributed by atoms with Crippen molar-refractivity contribution < 1.29 is 9.59 Å². The van der Waals surface area contributed by atoms with E-state index in [0.29, 0.717) is 24.8 Å². The lowest BCUT2D eigenvalue weighted by Gasteiger charge is -2.27. The van der Waals surface area contributed by atoms with Crippen LogP contribution in [-0.4, -0.2) is 42.4 Å². The fourth-order valence-corrected chi connectivity index (χ4v) is 4.25. The number of carbonyl (C=O) groups excluding carboxylic acids is 2. The number of nitrogens with zero attached hydrogens (tertiary/aromatic N) is 1. The van der Waals surface area contributed by atoms with Crippen LogP contribution in [0.3, 0.4) is 0 Å². The van der Waals surface area contributed by atoms with E-state index in [4.69, 9.17) is 0 Å². The first kappa shape index (κ1) is 14.7. The maximum absolute atomic E-state index is 12.5. The smallest absolute Gasteiger partial charge is 0.227 e. The third-order valence-corrected chi connectivity index (χ3v) is 5.58. The summed E-state index contributed by atoms with van der Waals surface area (Å²) >= 11 is 0. The van der Waals surface area contributed by atoms with Gasteiger partial charge in [-0.1, -0.05) is 18.2 Å². The van der Waals surface area contributed by atoms with Crippen LogP contribution in [0.1, 0.15) is 24.8 Å². The highest BCUT2D eigenvalue weighted by atomic mass is 16.2. The van der Waals surface area contributed by atoms with Crippen molar-refractivity contribution in [3.63, 3.8) is 0 Å². The molecular formula is C18H23N3O2. The zero-order chi connectivity index (χ0) is 15.8. The Bertz CT molecular complexity index is 630. The predicted octanol–water partition coefficient (Wildman–Crippen LogP) is 1.40. The number of likely N-dealkylation sites (tertiary alicyclic amines) is 1. The molecule has 3 aliphatic heterocycles. The lowest BCUT2D eigenvalue weighted by atomic mass is 9.89. The second kappa shape index (κ2) is 5.96. The van der Waals surface area contributed by atoms with Crippen LogP contribution in [0.15, 0.2) is 24.3 Å². The lowest BCUT2D eigenvalue weighted by Crippen LogP contribution is -2.39. The molecule has 0 radical (unpaired) electrons. The molecule has 5 nitrogen and oxygen atoms in total. The van der Waals surface area contributed by atoms with Crippen LogP contribution in [0.4, 0.5) is 5.69 Å². The molecule has 0 saturated carbocycles. The first-order valence-electron chi connectivity index (χ1n) is 8.61. The van der Waals surface area contributed by atoms with E-state index in [2.05, 4.69) is 16.7 Å². The lowest BCUT2D eigenvalue weighted by molar-refractivity contribution is -0.132. The summed E-state index contributed by atoms with van der Waals surface area (Å²) in [6.07, 6.45) is 2.97. The summed E-state index contributed by atoms with van der Waals surface area (Å²) in [5, 5.41) is 6.34. The number of amides is 2. The summed E-state index contributed by atoms with van der Waals surface area (Å²) in [7, 11) is 0. The number of fused-ring (bicyclic) bond motifs is 2. The molecule has 0 spiro atoms. The molecular weight excluding hydrogens is 290 g/mol. The molecule has 1 aromatic rings. The van der Waals surface area contributed by atoms with Gasteiger partial charge in [0.2, 0.25) is 11.8 Å². The van der Waals surface area contributed by atoms with Gasteiger partial charge in [0.1, 0.15) is 0 Å². The minimum Gasteiger partial charge on any atom is -0.338 e. The van der Waals surface area contributed by atoms with Crippen molar-refractivity contribution in [3.8, 4) is 0 Å². The zero-order valence-corrected chi connectivity index (χ0v) is 13.3. The SMILES string of the molecule is O=C1Nc2ccccc2CC1CCC(=O)N1CC[C@@H]2CNC[C@@H]21. The molecule has 1 unspecified atom stereocenters. The monoisotopic (exact) mass is 313 g/mol. The van der Waals surface area contributed by atoms with Crippen LogP contribution in [0.2, 0.25) is 0 Å². The Kier molecular flexibility index (Phi) is 3.81. The van der Waals surface area contributed by atoms with E-state index in [1.54, 1.807) is 0 Å². The van der Waals surface area contributed by atoms with Crippen molar-refractivity contribution in [2.24, 2.45) is 11.8 Å². The Morgan fingerprint density at radius 3 is 3.04 bits per heavy atom. The first-order chi connectivity index (χ1) is 11.2. The van der Waals surface area contributed by atoms with E-state index < -0.39 is 0 Å². The van der Waals surface area contributed by atoms with Gasteiger partial charge in [0, 0.05) is 43.7 Å². The molecule has 1 aromatic carbocycles. The molecule has 0 bridgehead atoms. The Hall–Kier alpha value is -1.88. The Morgan fingerprint density at radius 1 is 1.26 bits per heavy atom. The molecule has 5 heteroatoms. The predicted molar refractivity (Wildman–Crippen MR) is 88.0 cm³/mol. The fourth-order valence-electron chi connectivity index (χ4n) is 4.25. The molecule has 2 N–H and O–H groups in total. The highest BCUT2D eigenvalue weighted by molar-refractivity contribution is 5.96. The van der Waals surface area contributed by atoms with Crippen molar-refractivity contribution in [1.29, 1.82) is 0 Å². The first-order valence-corrected chi connectivity index (χ1v) is 8.61. The topological polar surface area (TPSA) is 61.4 Å². The maximum Gasteiger partial charge on any atom is 0.227 e. The van der Waals surface area contributed by atoms with Crippen molar-refractivity contribution in [2.75, 3.05) is 25.0 Å². The van der Waals surface area contributed by atoms with Crippen LogP contribution >= 0.6 is 0 Å². The number of nitrogens with one attached hydrogen (secondary N) is 2. The Morgan fingerprint density at radius 2 is 2.13 bits per heavy atom. The van der Waals surface area contributed by atoms with Gasteiger partial charge < -0.3 is 15.5 Å². The highest BCUT2D eigenvalue weighted by Crippen LogP contribution is 2.30. The molecule has 2 amide bonds. The van der Waals surface area contributed by atoms with Crippen molar-refractivity contribution >= 4 is 17.5 Å². The van der Waals surface area contributed by atoms with E-state index in [0.717, 1.165) is 38.2 Å². The van der Waals surface area contributed by atoms with Gasteiger partial charge in [-0.3, -0.25) is 9.59 Å². The number of benzene rings is 1. The number of anilines is 1. The Balaban J connectivity index is 1.36. The van der Waals surface area contributed by atoms with E-state index in [1.807, 2.05) is 23.1 Å². The van der Waals surface area contributed by atoms with Gasteiger partial charge in [-0.2, -0.15) is 0 Å². The highest BCUT2D eigenvalue weighted by Gasteiger charge is 2.39.